The summed E-state index contributed by atoms with van der Waals surface area (Å²) in [5.41, 5.74) is -0.575. The monoisotopic (exact) mass is 475 g/mol. The van der Waals surface area contributed by atoms with Gasteiger partial charge in [0, 0.05) is 37.7 Å². The normalized spacial score (nSPS) is 15.6. The van der Waals surface area contributed by atoms with Crippen LogP contribution in [0.2, 0.25) is 0 Å². The average Bonchev–Trinajstić information content (AvgIpc) is 2.60. The topological polar surface area (TPSA) is 87.2 Å². The Bertz CT molecular complexity index is 813. The van der Waals surface area contributed by atoms with Crippen LogP contribution in [0.1, 0.15) is 20.8 Å². The van der Waals surface area contributed by atoms with E-state index in [2.05, 4.69) is 15.9 Å². The van der Waals surface area contributed by atoms with Gasteiger partial charge in [-0.25, -0.2) is 13.2 Å². The van der Waals surface area contributed by atoms with Crippen LogP contribution < -0.4 is 0 Å². The van der Waals surface area contributed by atoms with Crippen LogP contribution in [0.4, 0.5) is 4.79 Å². The van der Waals surface area contributed by atoms with Crippen LogP contribution in [-0.2, 0) is 19.6 Å². The smallest absolute Gasteiger partial charge is 0.410 e. The molecule has 0 spiro atoms. The van der Waals surface area contributed by atoms with Gasteiger partial charge in [-0.3, -0.25) is 4.79 Å². The highest BCUT2D eigenvalue weighted by Gasteiger charge is 2.30. The van der Waals surface area contributed by atoms with E-state index in [1.54, 1.807) is 42.7 Å². The number of nitrogens with zero attached hydrogens (tertiary/aromatic N) is 3. The number of hydrogen-bond donors (Lipinski definition) is 0. The standard InChI is InChI=1S/C18H26BrN3O5S/c1-18(2,3)27-17(24)22-11-9-21(10-12-22)16(23)13-20(4)28(25,26)15-7-5-14(19)6-8-15/h5-8H,9-13H2,1-4H3. The molecule has 10 heteroatoms. The average molecular weight is 476 g/mol. The second kappa shape index (κ2) is 8.79. The summed E-state index contributed by atoms with van der Waals surface area (Å²) in [7, 11) is -2.37. The first-order valence-electron chi connectivity index (χ1n) is 8.88. The Morgan fingerprint density at radius 3 is 2.07 bits per heavy atom. The molecule has 1 aliphatic heterocycles. The number of amides is 2. The third kappa shape index (κ3) is 5.92. The summed E-state index contributed by atoms with van der Waals surface area (Å²) in [4.78, 5) is 27.9. The molecule has 1 fully saturated rings. The Morgan fingerprint density at radius 2 is 1.57 bits per heavy atom. The molecular weight excluding hydrogens is 450 g/mol. The van der Waals surface area contributed by atoms with Crippen LogP contribution in [0.15, 0.2) is 33.6 Å². The van der Waals surface area contributed by atoms with Crippen LogP contribution in [0.3, 0.4) is 0 Å². The van der Waals surface area contributed by atoms with E-state index in [4.69, 9.17) is 4.74 Å². The van der Waals surface area contributed by atoms with E-state index in [0.29, 0.717) is 26.2 Å². The van der Waals surface area contributed by atoms with Crippen LogP contribution in [0.25, 0.3) is 0 Å². The maximum absolute atomic E-state index is 12.6. The van der Waals surface area contributed by atoms with Gasteiger partial charge in [0.15, 0.2) is 0 Å². The number of carbonyl (C=O) groups is 2. The van der Waals surface area contributed by atoms with E-state index in [9.17, 15) is 18.0 Å². The summed E-state index contributed by atoms with van der Waals surface area (Å²) in [5, 5.41) is 0. The second-order valence-corrected chi connectivity index (χ2v) is 10.5. The predicted molar refractivity (Wildman–Crippen MR) is 108 cm³/mol. The number of carbonyl (C=O) groups excluding carboxylic acids is 2. The van der Waals surface area contributed by atoms with Gasteiger partial charge in [0.1, 0.15) is 5.60 Å². The number of halogens is 1. The molecule has 0 saturated carbocycles. The summed E-state index contributed by atoms with van der Waals surface area (Å²) >= 11 is 3.27. The lowest BCUT2D eigenvalue weighted by molar-refractivity contribution is -0.132. The van der Waals surface area contributed by atoms with E-state index < -0.39 is 21.7 Å². The molecule has 156 valence electrons. The molecule has 0 bridgehead atoms. The molecule has 1 heterocycles. The molecular formula is C18H26BrN3O5S. The van der Waals surface area contributed by atoms with Gasteiger partial charge < -0.3 is 14.5 Å². The number of piperazine rings is 1. The molecule has 0 aromatic heterocycles. The number of rotatable bonds is 4. The van der Waals surface area contributed by atoms with Crippen LogP contribution in [0, 0.1) is 0 Å². The van der Waals surface area contributed by atoms with Crippen molar-refractivity contribution in [2.75, 3.05) is 39.8 Å². The van der Waals surface area contributed by atoms with Gasteiger partial charge in [0.05, 0.1) is 11.4 Å². The molecule has 0 radical (unpaired) electrons. The van der Waals surface area contributed by atoms with Crippen molar-refractivity contribution in [3.63, 3.8) is 0 Å². The first-order valence-corrected chi connectivity index (χ1v) is 11.1. The molecule has 1 saturated heterocycles. The fraction of sp³-hybridized carbons (Fsp3) is 0.556. The summed E-state index contributed by atoms with van der Waals surface area (Å²) in [6, 6.07) is 6.25. The molecule has 2 amide bonds. The van der Waals surface area contributed by atoms with Gasteiger partial charge in [0.25, 0.3) is 0 Å². The number of benzene rings is 1. The molecule has 2 rings (SSSR count). The highest BCUT2D eigenvalue weighted by Crippen LogP contribution is 2.18. The van der Waals surface area contributed by atoms with Crippen molar-refractivity contribution in [3.8, 4) is 0 Å². The van der Waals surface area contributed by atoms with Crippen molar-refractivity contribution in [2.45, 2.75) is 31.3 Å². The molecule has 1 aliphatic rings. The second-order valence-electron chi connectivity index (χ2n) is 7.56. The van der Waals surface area contributed by atoms with Crippen molar-refractivity contribution in [3.05, 3.63) is 28.7 Å². The van der Waals surface area contributed by atoms with Crippen LogP contribution in [-0.4, -0.2) is 79.9 Å². The lowest BCUT2D eigenvalue weighted by Crippen LogP contribution is -2.53. The Kier molecular flexibility index (Phi) is 7.11. The number of sulfonamides is 1. The zero-order valence-corrected chi connectivity index (χ0v) is 18.9. The SMILES string of the molecule is CN(CC(=O)N1CCN(C(=O)OC(C)(C)C)CC1)S(=O)(=O)c1ccc(Br)cc1. The van der Waals surface area contributed by atoms with Gasteiger partial charge in [-0.2, -0.15) is 4.31 Å². The van der Waals surface area contributed by atoms with Gasteiger partial charge >= 0.3 is 6.09 Å². The van der Waals surface area contributed by atoms with E-state index >= 15 is 0 Å². The summed E-state index contributed by atoms with van der Waals surface area (Å²) in [6.07, 6.45) is -0.408. The zero-order valence-electron chi connectivity index (χ0n) is 16.5. The Morgan fingerprint density at radius 1 is 1.07 bits per heavy atom. The zero-order chi connectivity index (χ0) is 21.1. The maximum atomic E-state index is 12.6. The molecule has 8 nitrogen and oxygen atoms in total. The number of hydrogen-bond acceptors (Lipinski definition) is 5. The summed E-state index contributed by atoms with van der Waals surface area (Å²) < 4.78 is 32.4. The molecule has 0 aliphatic carbocycles. The number of likely N-dealkylation sites (N-methyl/N-ethyl adjacent to an activating group) is 1. The maximum Gasteiger partial charge on any atom is 0.410 e. The largest absolute Gasteiger partial charge is 0.444 e. The van der Waals surface area contributed by atoms with Crippen molar-refractivity contribution < 1.29 is 22.7 Å². The molecule has 28 heavy (non-hydrogen) atoms. The molecule has 1 aromatic carbocycles. The Balaban J connectivity index is 1.91. The highest BCUT2D eigenvalue weighted by atomic mass is 79.9. The van der Waals surface area contributed by atoms with Crippen LogP contribution in [0.5, 0.6) is 0 Å². The number of ether oxygens (including phenoxy) is 1. The first kappa shape index (κ1) is 22.6. The van der Waals surface area contributed by atoms with Gasteiger partial charge in [-0.05, 0) is 45.0 Å². The van der Waals surface area contributed by atoms with E-state index in [0.717, 1.165) is 8.78 Å². The minimum Gasteiger partial charge on any atom is -0.444 e. The van der Waals surface area contributed by atoms with E-state index in [1.165, 1.54) is 19.2 Å². The lowest BCUT2D eigenvalue weighted by atomic mass is 10.2. The Labute approximate surface area is 174 Å². The molecule has 0 unspecified atom stereocenters. The Hall–Kier alpha value is -1.65. The molecule has 0 atom stereocenters. The van der Waals surface area contributed by atoms with Crippen molar-refractivity contribution in [1.29, 1.82) is 0 Å². The fourth-order valence-corrected chi connectivity index (χ4v) is 4.01. The van der Waals surface area contributed by atoms with Gasteiger partial charge in [-0.1, -0.05) is 15.9 Å². The van der Waals surface area contributed by atoms with E-state index in [1.807, 2.05) is 0 Å². The molecule has 0 N–H and O–H groups in total. The van der Waals surface area contributed by atoms with Gasteiger partial charge in [0.2, 0.25) is 15.9 Å². The van der Waals surface area contributed by atoms with E-state index in [-0.39, 0.29) is 17.3 Å². The fourth-order valence-electron chi connectivity index (χ4n) is 2.63. The van der Waals surface area contributed by atoms with Crippen molar-refractivity contribution in [2.24, 2.45) is 0 Å². The summed E-state index contributed by atoms with van der Waals surface area (Å²) in [6.45, 7) is 6.51. The quantitative estimate of drug-likeness (QED) is 0.665. The molecule has 1 aromatic rings. The summed E-state index contributed by atoms with van der Waals surface area (Å²) in [5.74, 6) is -0.299. The van der Waals surface area contributed by atoms with Gasteiger partial charge in [-0.15, -0.1) is 0 Å². The van der Waals surface area contributed by atoms with Crippen molar-refractivity contribution in [1.82, 2.24) is 14.1 Å². The minimum atomic E-state index is -3.75. The first-order chi connectivity index (χ1) is 12.9. The highest BCUT2D eigenvalue weighted by molar-refractivity contribution is 9.10. The van der Waals surface area contributed by atoms with Crippen molar-refractivity contribution >= 4 is 38.0 Å². The predicted octanol–water partition coefficient (Wildman–Crippen LogP) is 2.15. The third-order valence-electron chi connectivity index (χ3n) is 4.16. The minimum absolute atomic E-state index is 0.126. The van der Waals surface area contributed by atoms with Crippen LogP contribution >= 0.6 is 15.9 Å². The lowest BCUT2D eigenvalue weighted by Gasteiger charge is -2.36. The third-order valence-corrected chi connectivity index (χ3v) is 6.51.